The van der Waals surface area contributed by atoms with Crippen molar-refractivity contribution in [2.45, 2.75) is 32.7 Å². The highest BCUT2D eigenvalue weighted by atomic mass is 32.1. The third kappa shape index (κ3) is 2.72. The molecule has 6 heteroatoms. The number of aliphatic carboxylic acids is 1. The van der Waals surface area contributed by atoms with E-state index in [2.05, 4.69) is 0 Å². The van der Waals surface area contributed by atoms with Crippen LogP contribution in [-0.4, -0.2) is 34.5 Å². The molecule has 0 bridgehead atoms. The number of hydrogen-bond acceptors (Lipinski definition) is 3. The number of fused-ring (bicyclic) bond motifs is 1. The fourth-order valence-electron chi connectivity index (χ4n) is 3.29. The smallest absolute Gasteiger partial charge is 0.308 e. The minimum absolute atomic E-state index is 0.150. The third-order valence-corrected chi connectivity index (χ3v) is 5.92. The van der Waals surface area contributed by atoms with E-state index < -0.39 is 11.9 Å². The lowest BCUT2D eigenvalue weighted by Crippen LogP contribution is -2.49. The van der Waals surface area contributed by atoms with E-state index in [0.29, 0.717) is 24.3 Å². The largest absolute Gasteiger partial charge is 0.481 e. The molecule has 2 atom stereocenters. The van der Waals surface area contributed by atoms with Gasteiger partial charge in [0.05, 0.1) is 10.8 Å². The Kier molecular flexibility index (Phi) is 4.10. The molecule has 1 fully saturated rings. The number of carboxylic acids is 1. The Morgan fingerprint density at radius 1 is 1.39 bits per heavy atom. The van der Waals surface area contributed by atoms with E-state index in [9.17, 15) is 19.1 Å². The molecule has 4 nitrogen and oxygen atoms in total. The van der Waals surface area contributed by atoms with Crippen molar-refractivity contribution in [3.8, 4) is 0 Å². The van der Waals surface area contributed by atoms with Crippen molar-refractivity contribution in [1.82, 2.24) is 4.90 Å². The van der Waals surface area contributed by atoms with E-state index in [1.807, 2.05) is 6.92 Å². The summed E-state index contributed by atoms with van der Waals surface area (Å²) in [6.07, 6.45) is 1.28. The van der Waals surface area contributed by atoms with E-state index >= 15 is 0 Å². The molecule has 2 aromatic rings. The van der Waals surface area contributed by atoms with Gasteiger partial charge in [-0.3, -0.25) is 9.59 Å². The lowest BCUT2D eigenvalue weighted by atomic mass is 9.90. The number of amides is 1. The topological polar surface area (TPSA) is 57.6 Å². The molecule has 1 N–H and O–H groups in total. The highest BCUT2D eigenvalue weighted by Gasteiger charge is 2.36. The van der Waals surface area contributed by atoms with Crippen LogP contribution in [0.2, 0.25) is 0 Å². The van der Waals surface area contributed by atoms with Crippen LogP contribution in [0.5, 0.6) is 0 Å². The summed E-state index contributed by atoms with van der Waals surface area (Å²) in [6.45, 7) is 4.17. The van der Waals surface area contributed by atoms with Crippen molar-refractivity contribution in [1.29, 1.82) is 0 Å². The number of halogens is 1. The lowest BCUT2D eigenvalue weighted by molar-refractivity contribution is -0.144. The molecule has 1 aromatic carbocycles. The molecule has 0 radical (unpaired) electrons. The quantitative estimate of drug-likeness (QED) is 0.911. The van der Waals surface area contributed by atoms with Crippen LogP contribution in [0.4, 0.5) is 4.39 Å². The van der Waals surface area contributed by atoms with Crippen molar-refractivity contribution >= 4 is 33.3 Å². The first-order valence-corrected chi connectivity index (χ1v) is 8.44. The number of carboxylic acid groups (broad SMARTS) is 1. The van der Waals surface area contributed by atoms with Gasteiger partial charge in [0, 0.05) is 17.3 Å². The normalized spacial score (nSPS) is 21.6. The molecule has 1 aliphatic heterocycles. The molecule has 1 aliphatic rings. The zero-order valence-corrected chi connectivity index (χ0v) is 13.8. The van der Waals surface area contributed by atoms with Gasteiger partial charge >= 0.3 is 5.97 Å². The standard InChI is InChI=1S/C17H18FNO3S/c1-9-13-8-11(18)5-6-14(13)23-15(9)16(20)19-7-3-4-12(10(19)2)17(21)22/h5-6,8,10,12H,3-4,7H2,1-2H3,(H,21,22)/t10-,12-/m1/s1. The lowest BCUT2D eigenvalue weighted by Gasteiger charge is -2.37. The van der Waals surface area contributed by atoms with Crippen molar-refractivity contribution in [2.75, 3.05) is 6.54 Å². The Labute approximate surface area is 137 Å². The van der Waals surface area contributed by atoms with Crippen LogP contribution in [0.15, 0.2) is 18.2 Å². The maximum absolute atomic E-state index is 13.4. The number of piperidine rings is 1. The Bertz CT molecular complexity index is 785. The predicted molar refractivity (Wildman–Crippen MR) is 87.4 cm³/mol. The highest BCUT2D eigenvalue weighted by Crippen LogP contribution is 2.34. The Morgan fingerprint density at radius 3 is 2.83 bits per heavy atom. The zero-order chi connectivity index (χ0) is 16.7. The first kappa shape index (κ1) is 15.9. The fraction of sp³-hybridized carbons (Fsp3) is 0.412. The molecule has 122 valence electrons. The van der Waals surface area contributed by atoms with E-state index in [4.69, 9.17) is 0 Å². The SMILES string of the molecule is Cc1c(C(=O)N2CCC[C@@H](C(=O)O)[C@H]2C)sc2ccc(F)cc12. The molecular formula is C17H18FNO3S. The zero-order valence-electron chi connectivity index (χ0n) is 13.0. The highest BCUT2D eigenvalue weighted by molar-refractivity contribution is 7.21. The minimum atomic E-state index is -0.856. The second kappa shape index (κ2) is 5.92. The number of rotatable bonds is 2. The monoisotopic (exact) mass is 335 g/mol. The van der Waals surface area contributed by atoms with Crippen LogP contribution < -0.4 is 0 Å². The first-order chi connectivity index (χ1) is 10.9. The van der Waals surface area contributed by atoms with Gasteiger partial charge in [0.25, 0.3) is 5.91 Å². The van der Waals surface area contributed by atoms with E-state index in [1.54, 1.807) is 17.9 Å². The molecule has 1 aromatic heterocycles. The first-order valence-electron chi connectivity index (χ1n) is 7.62. The number of benzene rings is 1. The van der Waals surface area contributed by atoms with Crippen LogP contribution in [0.1, 0.15) is 35.0 Å². The number of carbonyl (C=O) groups is 2. The number of aryl methyl sites for hydroxylation is 1. The van der Waals surface area contributed by atoms with Crippen LogP contribution in [0, 0.1) is 18.7 Å². The molecule has 1 amide bonds. The number of thiophene rings is 1. The predicted octanol–water partition coefficient (Wildman–Crippen LogP) is 3.67. The van der Waals surface area contributed by atoms with Gasteiger partial charge in [-0.15, -0.1) is 11.3 Å². The summed E-state index contributed by atoms with van der Waals surface area (Å²) in [5.41, 5.74) is 0.763. The summed E-state index contributed by atoms with van der Waals surface area (Å²) in [7, 11) is 0. The number of nitrogens with zero attached hydrogens (tertiary/aromatic N) is 1. The second-order valence-corrected chi connectivity index (χ2v) is 7.07. The molecule has 2 heterocycles. The molecule has 0 spiro atoms. The summed E-state index contributed by atoms with van der Waals surface area (Å²) >= 11 is 1.34. The van der Waals surface area contributed by atoms with Gasteiger partial charge < -0.3 is 10.0 Å². The van der Waals surface area contributed by atoms with E-state index in [1.165, 1.54) is 23.5 Å². The number of carbonyl (C=O) groups excluding carboxylic acids is 1. The summed E-state index contributed by atoms with van der Waals surface area (Å²) in [5, 5.41) is 10.0. The average molecular weight is 335 g/mol. The van der Waals surface area contributed by atoms with E-state index in [0.717, 1.165) is 15.6 Å². The molecule has 0 aliphatic carbocycles. The Hall–Kier alpha value is -1.95. The molecule has 0 unspecified atom stereocenters. The van der Waals surface area contributed by atoms with Gasteiger partial charge in [-0.2, -0.15) is 0 Å². The van der Waals surface area contributed by atoms with Crippen molar-refractivity contribution in [3.63, 3.8) is 0 Å². The fourth-order valence-corrected chi connectivity index (χ4v) is 4.43. The van der Waals surface area contributed by atoms with Crippen LogP contribution in [0.25, 0.3) is 10.1 Å². The van der Waals surface area contributed by atoms with Gasteiger partial charge in [-0.05, 0) is 55.8 Å². The van der Waals surface area contributed by atoms with Gasteiger partial charge in [0.1, 0.15) is 5.82 Å². The second-order valence-electron chi connectivity index (χ2n) is 6.02. The maximum atomic E-state index is 13.4. The van der Waals surface area contributed by atoms with Crippen molar-refractivity contribution in [3.05, 3.63) is 34.5 Å². The number of likely N-dealkylation sites (tertiary alicyclic amines) is 1. The van der Waals surface area contributed by atoms with Gasteiger partial charge in [0.2, 0.25) is 0 Å². The maximum Gasteiger partial charge on any atom is 0.308 e. The van der Waals surface area contributed by atoms with Gasteiger partial charge in [0.15, 0.2) is 0 Å². The van der Waals surface area contributed by atoms with Crippen LogP contribution >= 0.6 is 11.3 Å². The molecule has 3 rings (SSSR count). The Morgan fingerprint density at radius 2 is 2.13 bits per heavy atom. The summed E-state index contributed by atoms with van der Waals surface area (Å²) in [5.74, 6) is -1.86. The summed E-state index contributed by atoms with van der Waals surface area (Å²) in [6, 6.07) is 4.17. The van der Waals surface area contributed by atoms with Crippen molar-refractivity contribution < 1.29 is 19.1 Å². The Balaban J connectivity index is 1.97. The van der Waals surface area contributed by atoms with Crippen LogP contribution in [0.3, 0.4) is 0 Å². The molecule has 1 saturated heterocycles. The minimum Gasteiger partial charge on any atom is -0.481 e. The van der Waals surface area contributed by atoms with E-state index in [-0.39, 0.29) is 17.8 Å². The number of hydrogen-bond donors (Lipinski definition) is 1. The summed E-state index contributed by atoms with van der Waals surface area (Å²) < 4.78 is 14.3. The summed E-state index contributed by atoms with van der Waals surface area (Å²) in [4.78, 5) is 26.5. The third-order valence-electron chi connectivity index (χ3n) is 4.66. The molecular weight excluding hydrogens is 317 g/mol. The molecule has 23 heavy (non-hydrogen) atoms. The van der Waals surface area contributed by atoms with Crippen molar-refractivity contribution in [2.24, 2.45) is 5.92 Å². The van der Waals surface area contributed by atoms with Crippen LogP contribution in [-0.2, 0) is 4.79 Å². The molecule has 0 saturated carbocycles. The average Bonchev–Trinajstić information content (AvgIpc) is 2.83. The van der Waals surface area contributed by atoms with Gasteiger partial charge in [-0.25, -0.2) is 4.39 Å². The van der Waals surface area contributed by atoms with Gasteiger partial charge in [-0.1, -0.05) is 0 Å².